The first-order valence-electron chi connectivity index (χ1n) is 7.24. The molecule has 1 aromatic heterocycles. The normalized spacial score (nSPS) is 13.3. The number of benzene rings is 1. The van der Waals surface area contributed by atoms with Crippen LogP contribution < -0.4 is 15.0 Å². The number of ether oxygens (including phenoxy) is 2. The highest BCUT2D eigenvalue weighted by molar-refractivity contribution is 6.07. The minimum Gasteiger partial charge on any atom is -0.486 e. The van der Waals surface area contributed by atoms with E-state index in [1.807, 2.05) is 6.07 Å². The van der Waals surface area contributed by atoms with Gasteiger partial charge in [0.1, 0.15) is 24.6 Å². The minimum atomic E-state index is -0.424. The van der Waals surface area contributed by atoms with Gasteiger partial charge in [0.05, 0.1) is 5.69 Å². The first kappa shape index (κ1) is 15.0. The summed E-state index contributed by atoms with van der Waals surface area (Å²) in [6.07, 6.45) is 3.00. The summed E-state index contributed by atoms with van der Waals surface area (Å²) in [5.74, 6) is 1.44. The molecule has 6 heteroatoms. The van der Waals surface area contributed by atoms with E-state index in [0.29, 0.717) is 36.2 Å². The van der Waals surface area contributed by atoms with Crippen molar-refractivity contribution in [2.75, 3.05) is 13.2 Å². The molecule has 0 saturated carbocycles. The fraction of sp³-hybridized carbons (Fsp3) is 0.235. The van der Waals surface area contributed by atoms with Crippen molar-refractivity contribution >= 4 is 11.9 Å². The zero-order chi connectivity index (χ0) is 16.4. The summed E-state index contributed by atoms with van der Waals surface area (Å²) in [5.41, 5.74) is 0.844. The first-order chi connectivity index (χ1) is 11.0. The maximum absolute atomic E-state index is 12.3. The lowest BCUT2D eigenvalue weighted by Gasteiger charge is -2.18. The summed E-state index contributed by atoms with van der Waals surface area (Å²) in [6, 6.07) is 5.41. The van der Waals surface area contributed by atoms with Gasteiger partial charge in [-0.25, -0.2) is 4.98 Å². The molecule has 0 atom stereocenters. The number of nitrogens with one attached hydrogen (secondary N) is 1. The van der Waals surface area contributed by atoms with Crippen LogP contribution in [0, 0.1) is 13.8 Å². The minimum absolute atomic E-state index is 0.0596. The molecule has 3 rings (SSSR count). The Morgan fingerprint density at radius 3 is 2.70 bits per heavy atom. The third-order valence-corrected chi connectivity index (χ3v) is 3.46. The molecule has 0 amide bonds. The van der Waals surface area contributed by atoms with Gasteiger partial charge >= 0.3 is 0 Å². The van der Waals surface area contributed by atoms with Crippen molar-refractivity contribution in [2.45, 2.75) is 13.8 Å². The Kier molecular flexibility index (Phi) is 3.97. The Morgan fingerprint density at radius 1 is 1.22 bits per heavy atom. The molecule has 1 aliphatic rings. The number of aryl methyl sites for hydroxylation is 2. The molecule has 2 heterocycles. The SMILES string of the molecule is Cc1nc(C)c(C(=O)/C=C/c2ccc3c(c2)OCCO3)c(=O)[nH]1. The van der Waals surface area contributed by atoms with Gasteiger partial charge in [0.2, 0.25) is 0 Å². The molecule has 0 spiro atoms. The van der Waals surface area contributed by atoms with Crippen LogP contribution in [-0.2, 0) is 0 Å². The van der Waals surface area contributed by atoms with Crippen molar-refractivity contribution in [1.29, 1.82) is 0 Å². The Bertz CT molecular complexity index is 852. The number of H-pyrrole nitrogens is 1. The number of ketones is 1. The molecular weight excluding hydrogens is 296 g/mol. The van der Waals surface area contributed by atoms with Crippen LogP contribution in [0.15, 0.2) is 29.1 Å². The molecular formula is C17H16N2O4. The molecule has 1 N–H and O–H groups in total. The van der Waals surface area contributed by atoms with Crippen molar-refractivity contribution < 1.29 is 14.3 Å². The molecule has 1 aliphatic heterocycles. The molecule has 0 bridgehead atoms. The Hall–Kier alpha value is -2.89. The van der Waals surface area contributed by atoms with Crippen molar-refractivity contribution in [3.8, 4) is 11.5 Å². The molecule has 0 unspecified atom stereocenters. The van der Waals surface area contributed by atoms with Gasteiger partial charge in [0, 0.05) is 0 Å². The average molecular weight is 312 g/mol. The smallest absolute Gasteiger partial charge is 0.262 e. The van der Waals surface area contributed by atoms with Gasteiger partial charge in [0.15, 0.2) is 17.3 Å². The lowest BCUT2D eigenvalue weighted by atomic mass is 10.1. The third-order valence-electron chi connectivity index (χ3n) is 3.46. The van der Waals surface area contributed by atoms with E-state index in [0.717, 1.165) is 5.56 Å². The fourth-order valence-electron chi connectivity index (χ4n) is 2.44. The van der Waals surface area contributed by atoms with Crippen molar-refractivity contribution in [3.63, 3.8) is 0 Å². The van der Waals surface area contributed by atoms with Gasteiger partial charge in [-0.2, -0.15) is 0 Å². The van der Waals surface area contributed by atoms with E-state index >= 15 is 0 Å². The standard InChI is InChI=1S/C17H16N2O4/c1-10-16(17(21)19-11(2)18-10)13(20)5-3-12-4-6-14-15(9-12)23-8-7-22-14/h3-6,9H,7-8H2,1-2H3,(H,18,19,21)/b5-3+. The first-order valence-corrected chi connectivity index (χ1v) is 7.24. The second-order valence-electron chi connectivity index (χ2n) is 5.21. The van der Waals surface area contributed by atoms with Gasteiger partial charge in [-0.15, -0.1) is 0 Å². The van der Waals surface area contributed by atoms with Crippen LogP contribution in [0.1, 0.15) is 27.4 Å². The molecule has 23 heavy (non-hydrogen) atoms. The lowest BCUT2D eigenvalue weighted by Crippen LogP contribution is -2.21. The summed E-state index contributed by atoms with van der Waals surface area (Å²) in [6.45, 7) is 4.35. The molecule has 0 aliphatic carbocycles. The monoisotopic (exact) mass is 312 g/mol. The van der Waals surface area contributed by atoms with E-state index < -0.39 is 5.56 Å². The van der Waals surface area contributed by atoms with Gasteiger partial charge in [-0.1, -0.05) is 12.1 Å². The van der Waals surface area contributed by atoms with E-state index in [-0.39, 0.29) is 11.3 Å². The Balaban J connectivity index is 1.86. The topological polar surface area (TPSA) is 81.3 Å². The molecule has 0 radical (unpaired) electrons. The summed E-state index contributed by atoms with van der Waals surface area (Å²) >= 11 is 0. The molecule has 2 aromatic rings. The number of allylic oxidation sites excluding steroid dienone is 1. The van der Waals surface area contributed by atoms with Crippen LogP contribution in [0.25, 0.3) is 6.08 Å². The van der Waals surface area contributed by atoms with Gasteiger partial charge in [0.25, 0.3) is 5.56 Å². The number of carbonyl (C=O) groups excluding carboxylic acids is 1. The van der Waals surface area contributed by atoms with Gasteiger partial charge in [-0.3, -0.25) is 9.59 Å². The zero-order valence-electron chi connectivity index (χ0n) is 12.9. The van der Waals surface area contributed by atoms with Crippen LogP contribution in [0.3, 0.4) is 0 Å². The van der Waals surface area contributed by atoms with Crippen LogP contribution in [0.4, 0.5) is 0 Å². The Morgan fingerprint density at radius 2 is 1.96 bits per heavy atom. The number of rotatable bonds is 3. The number of aromatic amines is 1. The summed E-state index contributed by atoms with van der Waals surface area (Å²) in [4.78, 5) is 30.8. The van der Waals surface area contributed by atoms with Gasteiger partial charge in [-0.05, 0) is 37.6 Å². The maximum atomic E-state index is 12.3. The number of carbonyl (C=O) groups is 1. The molecule has 118 valence electrons. The van der Waals surface area contributed by atoms with Crippen LogP contribution in [0.5, 0.6) is 11.5 Å². The largest absolute Gasteiger partial charge is 0.486 e. The molecule has 0 saturated heterocycles. The molecule has 0 fully saturated rings. The van der Waals surface area contributed by atoms with Crippen LogP contribution in [0.2, 0.25) is 0 Å². The highest BCUT2D eigenvalue weighted by Gasteiger charge is 2.14. The van der Waals surface area contributed by atoms with Crippen molar-refractivity contribution in [3.05, 3.63) is 57.3 Å². The van der Waals surface area contributed by atoms with Crippen LogP contribution in [-0.4, -0.2) is 29.0 Å². The fourth-order valence-corrected chi connectivity index (χ4v) is 2.44. The number of aromatic nitrogens is 2. The second kappa shape index (κ2) is 6.08. The quantitative estimate of drug-likeness (QED) is 0.693. The molecule has 6 nitrogen and oxygen atoms in total. The third kappa shape index (κ3) is 3.15. The molecule has 1 aromatic carbocycles. The maximum Gasteiger partial charge on any atom is 0.262 e. The number of nitrogens with zero attached hydrogens (tertiary/aromatic N) is 1. The number of hydrogen-bond donors (Lipinski definition) is 1. The Labute approximate surface area is 132 Å². The highest BCUT2D eigenvalue weighted by Crippen LogP contribution is 2.31. The predicted octanol–water partition coefficient (Wildman–Crippen LogP) is 2.05. The number of hydrogen-bond acceptors (Lipinski definition) is 5. The zero-order valence-corrected chi connectivity index (χ0v) is 12.9. The van der Waals surface area contributed by atoms with Crippen molar-refractivity contribution in [1.82, 2.24) is 9.97 Å². The van der Waals surface area contributed by atoms with Crippen LogP contribution >= 0.6 is 0 Å². The van der Waals surface area contributed by atoms with E-state index in [4.69, 9.17) is 9.47 Å². The lowest BCUT2D eigenvalue weighted by molar-refractivity contribution is 0.104. The van der Waals surface area contributed by atoms with E-state index in [1.54, 1.807) is 32.1 Å². The summed E-state index contributed by atoms with van der Waals surface area (Å²) in [5, 5.41) is 0. The van der Waals surface area contributed by atoms with E-state index in [1.165, 1.54) is 6.08 Å². The second-order valence-corrected chi connectivity index (χ2v) is 5.21. The van der Waals surface area contributed by atoms with E-state index in [2.05, 4.69) is 9.97 Å². The van der Waals surface area contributed by atoms with Crippen molar-refractivity contribution in [2.24, 2.45) is 0 Å². The predicted molar refractivity (Wildman–Crippen MR) is 85.1 cm³/mol. The number of fused-ring (bicyclic) bond motifs is 1. The highest BCUT2D eigenvalue weighted by atomic mass is 16.6. The average Bonchev–Trinajstić information content (AvgIpc) is 2.51. The van der Waals surface area contributed by atoms with Gasteiger partial charge < -0.3 is 14.5 Å². The van der Waals surface area contributed by atoms with E-state index in [9.17, 15) is 9.59 Å². The summed E-state index contributed by atoms with van der Waals surface area (Å²) in [7, 11) is 0. The summed E-state index contributed by atoms with van der Waals surface area (Å²) < 4.78 is 10.9.